The minimum atomic E-state index is 0.336. The molecule has 1 rings (SSSR count). The smallest absolute Gasteiger partial charge is 0.0618 e. The molecule has 0 spiro atoms. The van der Waals surface area contributed by atoms with Gasteiger partial charge in [0, 0.05) is 17.8 Å². The molecule has 0 aromatic heterocycles. The van der Waals surface area contributed by atoms with Crippen molar-refractivity contribution < 1.29 is 0 Å². The lowest BCUT2D eigenvalue weighted by atomic mass is 10.0. The first-order valence-corrected chi connectivity index (χ1v) is 6.27. The Morgan fingerprint density at radius 1 is 1.23 bits per heavy atom. The molecule has 0 radical (unpaired) electrons. The van der Waals surface area contributed by atoms with Gasteiger partial charge in [0.1, 0.15) is 0 Å². The third-order valence-electron chi connectivity index (χ3n) is 2.91. The highest BCUT2D eigenvalue weighted by molar-refractivity contribution is 8.00. The number of hydrogen-bond donors (Lipinski definition) is 0. The zero-order valence-corrected chi connectivity index (χ0v) is 10.6. The van der Waals surface area contributed by atoms with Crippen molar-refractivity contribution in [2.24, 2.45) is 5.92 Å². The van der Waals surface area contributed by atoms with Gasteiger partial charge in [-0.3, -0.25) is 4.90 Å². The molecule has 1 saturated heterocycles. The quantitative estimate of drug-likeness (QED) is 0.675. The largest absolute Gasteiger partial charge is 0.283 e. The Balaban J connectivity index is 2.80. The Bertz CT molecular complexity index is 175. The zero-order chi connectivity index (χ0) is 10.2. The molecule has 0 saturated carbocycles. The highest BCUT2D eigenvalue weighted by Gasteiger charge is 2.42. The van der Waals surface area contributed by atoms with Crippen molar-refractivity contribution in [2.45, 2.75) is 58.5 Å². The summed E-state index contributed by atoms with van der Waals surface area (Å²) in [5.41, 5.74) is 0. The van der Waals surface area contributed by atoms with E-state index in [9.17, 15) is 0 Å². The summed E-state index contributed by atoms with van der Waals surface area (Å²) in [4.78, 5) is 3.01. The summed E-state index contributed by atoms with van der Waals surface area (Å²) >= 11 is 2.10. The van der Waals surface area contributed by atoms with Crippen LogP contribution >= 0.6 is 11.8 Å². The second kappa shape index (κ2) is 3.82. The average molecular weight is 201 g/mol. The van der Waals surface area contributed by atoms with Crippen molar-refractivity contribution >= 4 is 11.8 Å². The summed E-state index contributed by atoms with van der Waals surface area (Å²) in [6, 6.07) is 1.43. The Morgan fingerprint density at radius 2 is 1.77 bits per heavy atom. The van der Waals surface area contributed by atoms with E-state index >= 15 is 0 Å². The van der Waals surface area contributed by atoms with Gasteiger partial charge in [0.25, 0.3) is 0 Å². The third-order valence-corrected chi connectivity index (χ3v) is 4.34. The maximum atomic E-state index is 2.67. The Kier molecular flexibility index (Phi) is 3.34. The third kappa shape index (κ3) is 2.21. The average Bonchev–Trinajstić information content (AvgIpc) is 2.24. The van der Waals surface area contributed by atoms with E-state index in [2.05, 4.69) is 58.2 Å². The second-order valence-electron chi connectivity index (χ2n) is 5.07. The minimum absolute atomic E-state index is 0.336. The van der Waals surface area contributed by atoms with Crippen molar-refractivity contribution in [2.75, 3.05) is 5.75 Å². The highest BCUT2D eigenvalue weighted by Crippen LogP contribution is 2.42. The second-order valence-corrected chi connectivity index (χ2v) is 6.69. The molecular weight excluding hydrogens is 178 g/mol. The SMILES string of the molecule is CC(C)C1CSC(C)(C)N1C(C)C. The topological polar surface area (TPSA) is 3.24 Å². The van der Waals surface area contributed by atoms with Crippen LogP contribution in [0.25, 0.3) is 0 Å². The number of thioether (sulfide) groups is 1. The number of rotatable bonds is 2. The van der Waals surface area contributed by atoms with Crippen molar-refractivity contribution in [1.29, 1.82) is 0 Å². The predicted octanol–water partition coefficient (Wildman–Crippen LogP) is 3.20. The molecule has 2 heteroatoms. The number of hydrogen-bond acceptors (Lipinski definition) is 2. The summed E-state index contributed by atoms with van der Waals surface area (Å²) in [6.45, 7) is 14.0. The molecule has 0 amide bonds. The van der Waals surface area contributed by atoms with E-state index in [-0.39, 0.29) is 0 Å². The van der Waals surface area contributed by atoms with Gasteiger partial charge in [-0.2, -0.15) is 0 Å². The van der Waals surface area contributed by atoms with Crippen molar-refractivity contribution in [3.05, 3.63) is 0 Å². The lowest BCUT2D eigenvalue weighted by Crippen LogP contribution is -2.48. The van der Waals surface area contributed by atoms with E-state index in [1.807, 2.05) is 0 Å². The molecule has 1 nitrogen and oxygen atoms in total. The van der Waals surface area contributed by atoms with Crippen molar-refractivity contribution in [3.63, 3.8) is 0 Å². The Morgan fingerprint density at radius 3 is 2.08 bits per heavy atom. The molecule has 0 N–H and O–H groups in total. The standard InChI is InChI=1S/C11H23NS/c1-8(2)10-7-13-11(5,6)12(10)9(3)4/h8-10H,7H2,1-6H3. The van der Waals surface area contributed by atoms with Gasteiger partial charge >= 0.3 is 0 Å². The molecule has 13 heavy (non-hydrogen) atoms. The molecule has 1 aliphatic heterocycles. The van der Waals surface area contributed by atoms with E-state index in [1.165, 1.54) is 5.75 Å². The lowest BCUT2D eigenvalue weighted by molar-refractivity contribution is 0.0940. The molecule has 1 heterocycles. The Labute approximate surface area is 87.3 Å². The van der Waals surface area contributed by atoms with E-state index in [1.54, 1.807) is 0 Å². The summed E-state index contributed by atoms with van der Waals surface area (Å²) in [5.74, 6) is 2.07. The highest BCUT2D eigenvalue weighted by atomic mass is 32.2. The normalized spacial score (nSPS) is 29.1. The van der Waals surface area contributed by atoms with Crippen LogP contribution in [0, 0.1) is 5.92 Å². The molecule has 1 aliphatic rings. The van der Waals surface area contributed by atoms with Crippen LogP contribution in [-0.2, 0) is 0 Å². The van der Waals surface area contributed by atoms with Gasteiger partial charge in [-0.25, -0.2) is 0 Å². The summed E-state index contributed by atoms with van der Waals surface area (Å²) in [6.07, 6.45) is 0. The first-order chi connectivity index (χ1) is 5.86. The lowest BCUT2D eigenvalue weighted by Gasteiger charge is -2.39. The van der Waals surface area contributed by atoms with Crippen LogP contribution in [0.4, 0.5) is 0 Å². The fraction of sp³-hybridized carbons (Fsp3) is 1.00. The fourth-order valence-electron chi connectivity index (χ4n) is 2.36. The van der Waals surface area contributed by atoms with Gasteiger partial charge in [0.15, 0.2) is 0 Å². The first kappa shape index (κ1) is 11.4. The number of nitrogens with zero attached hydrogens (tertiary/aromatic N) is 1. The van der Waals surface area contributed by atoms with E-state index < -0.39 is 0 Å². The summed E-state index contributed by atoms with van der Waals surface area (Å²) in [5, 5.41) is 0. The van der Waals surface area contributed by atoms with E-state index in [0.29, 0.717) is 10.9 Å². The zero-order valence-electron chi connectivity index (χ0n) is 9.79. The van der Waals surface area contributed by atoms with Crippen molar-refractivity contribution in [1.82, 2.24) is 4.90 Å². The van der Waals surface area contributed by atoms with Crippen LogP contribution in [0.3, 0.4) is 0 Å². The molecule has 1 atom stereocenters. The molecule has 0 aromatic rings. The Hall–Kier alpha value is 0.310. The van der Waals surface area contributed by atoms with Gasteiger partial charge in [-0.1, -0.05) is 13.8 Å². The van der Waals surface area contributed by atoms with Gasteiger partial charge in [0.05, 0.1) is 4.87 Å². The van der Waals surface area contributed by atoms with Gasteiger partial charge in [-0.05, 0) is 33.6 Å². The first-order valence-electron chi connectivity index (χ1n) is 5.28. The van der Waals surface area contributed by atoms with E-state index in [0.717, 1.165) is 12.0 Å². The van der Waals surface area contributed by atoms with Crippen LogP contribution in [-0.4, -0.2) is 27.6 Å². The molecule has 0 bridgehead atoms. The van der Waals surface area contributed by atoms with E-state index in [4.69, 9.17) is 0 Å². The molecule has 78 valence electrons. The molecular formula is C11H23NS. The monoisotopic (exact) mass is 201 g/mol. The van der Waals surface area contributed by atoms with Gasteiger partial charge in [0.2, 0.25) is 0 Å². The van der Waals surface area contributed by atoms with Crippen molar-refractivity contribution in [3.8, 4) is 0 Å². The van der Waals surface area contributed by atoms with Gasteiger partial charge < -0.3 is 0 Å². The minimum Gasteiger partial charge on any atom is -0.283 e. The molecule has 1 unspecified atom stereocenters. The van der Waals surface area contributed by atoms with Crippen LogP contribution in [0.1, 0.15) is 41.5 Å². The van der Waals surface area contributed by atoms with Crippen LogP contribution in [0.2, 0.25) is 0 Å². The maximum Gasteiger partial charge on any atom is 0.0618 e. The van der Waals surface area contributed by atoms with Crippen LogP contribution in [0.5, 0.6) is 0 Å². The van der Waals surface area contributed by atoms with Crippen LogP contribution < -0.4 is 0 Å². The van der Waals surface area contributed by atoms with Crippen LogP contribution in [0.15, 0.2) is 0 Å². The summed E-state index contributed by atoms with van der Waals surface area (Å²) in [7, 11) is 0. The molecule has 0 aromatic carbocycles. The fourth-order valence-corrected chi connectivity index (χ4v) is 3.98. The predicted molar refractivity (Wildman–Crippen MR) is 62.1 cm³/mol. The molecule has 1 fully saturated rings. The molecule has 0 aliphatic carbocycles. The van der Waals surface area contributed by atoms with Gasteiger partial charge in [-0.15, -0.1) is 11.8 Å². The summed E-state index contributed by atoms with van der Waals surface area (Å²) < 4.78 is 0. The maximum absolute atomic E-state index is 2.67.